The van der Waals surface area contributed by atoms with Crippen LogP contribution in [0.25, 0.3) is 0 Å². The van der Waals surface area contributed by atoms with Crippen LogP contribution in [0.5, 0.6) is 0 Å². The van der Waals surface area contributed by atoms with E-state index in [1.165, 1.54) is 17.0 Å². The number of benzene rings is 3. The van der Waals surface area contributed by atoms with Gasteiger partial charge in [0.15, 0.2) is 0 Å². The average molecular weight is 613 g/mol. The van der Waals surface area contributed by atoms with Crippen LogP contribution in [-0.4, -0.2) is 50.3 Å². The molecule has 39 heavy (non-hydrogen) atoms. The SMILES string of the molecule is CC(C(=O)NC1CCCC1)N(CCc1ccccc1)C(=O)CN(c1cccc(Br)c1)S(=O)(=O)c1ccccc1. The van der Waals surface area contributed by atoms with Crippen LogP contribution >= 0.6 is 15.9 Å². The van der Waals surface area contributed by atoms with E-state index in [2.05, 4.69) is 21.2 Å². The maximum Gasteiger partial charge on any atom is 0.264 e. The van der Waals surface area contributed by atoms with Gasteiger partial charge in [-0.15, -0.1) is 0 Å². The number of nitrogens with zero attached hydrogens (tertiary/aromatic N) is 2. The molecule has 0 aliphatic heterocycles. The fraction of sp³-hybridized carbons (Fsp3) is 0.333. The summed E-state index contributed by atoms with van der Waals surface area (Å²) in [6.07, 6.45) is 4.56. The Labute approximate surface area is 239 Å². The maximum absolute atomic E-state index is 13.9. The Kier molecular flexibility index (Phi) is 9.80. The lowest BCUT2D eigenvalue weighted by atomic mass is 10.1. The van der Waals surface area contributed by atoms with Gasteiger partial charge in [0.25, 0.3) is 10.0 Å². The Morgan fingerprint density at radius 2 is 1.59 bits per heavy atom. The quantitative estimate of drug-likeness (QED) is 0.324. The van der Waals surface area contributed by atoms with Crippen molar-refractivity contribution in [3.63, 3.8) is 0 Å². The van der Waals surface area contributed by atoms with E-state index >= 15 is 0 Å². The Morgan fingerprint density at radius 1 is 0.949 bits per heavy atom. The van der Waals surface area contributed by atoms with Crippen LogP contribution in [0.3, 0.4) is 0 Å². The molecule has 0 saturated heterocycles. The standard InChI is InChI=1S/C30H34BrN3O4S/c1-23(30(36)32-26-14-8-9-15-26)33(20-19-24-11-4-2-5-12-24)29(35)22-34(27-16-10-13-25(31)21-27)39(37,38)28-17-6-3-7-18-28/h2-7,10-13,16-18,21,23,26H,8-9,14-15,19-20,22H2,1H3,(H,32,36). The Balaban J connectivity index is 1.63. The van der Waals surface area contributed by atoms with E-state index in [0.717, 1.165) is 35.6 Å². The first kappa shape index (κ1) is 28.8. The van der Waals surface area contributed by atoms with Gasteiger partial charge in [-0.05, 0) is 62.1 Å². The van der Waals surface area contributed by atoms with Crippen LogP contribution in [-0.2, 0) is 26.0 Å². The molecule has 0 bridgehead atoms. The molecule has 3 aromatic carbocycles. The number of hydrogen-bond acceptors (Lipinski definition) is 4. The summed E-state index contributed by atoms with van der Waals surface area (Å²) in [5.41, 5.74) is 1.38. The molecular weight excluding hydrogens is 578 g/mol. The first-order valence-electron chi connectivity index (χ1n) is 13.2. The molecular formula is C30H34BrN3O4S. The summed E-state index contributed by atoms with van der Waals surface area (Å²) >= 11 is 3.41. The molecule has 1 aliphatic rings. The number of amides is 2. The van der Waals surface area contributed by atoms with Crippen molar-refractivity contribution in [2.75, 3.05) is 17.4 Å². The third-order valence-electron chi connectivity index (χ3n) is 7.06. The molecule has 1 N–H and O–H groups in total. The van der Waals surface area contributed by atoms with Gasteiger partial charge in [0, 0.05) is 17.1 Å². The Hall–Kier alpha value is -3.17. The van der Waals surface area contributed by atoms with Gasteiger partial charge < -0.3 is 10.2 Å². The predicted octanol–water partition coefficient (Wildman–Crippen LogP) is 5.16. The minimum Gasteiger partial charge on any atom is -0.352 e. The zero-order chi connectivity index (χ0) is 27.8. The van der Waals surface area contributed by atoms with E-state index in [-0.39, 0.29) is 23.4 Å². The molecule has 4 rings (SSSR count). The Bertz CT molecular complexity index is 1360. The largest absolute Gasteiger partial charge is 0.352 e. The second-order valence-electron chi connectivity index (χ2n) is 9.79. The smallest absolute Gasteiger partial charge is 0.264 e. The van der Waals surface area contributed by atoms with Gasteiger partial charge in [0.05, 0.1) is 10.6 Å². The number of anilines is 1. The molecule has 0 radical (unpaired) electrons. The van der Waals surface area contributed by atoms with E-state index in [1.54, 1.807) is 49.4 Å². The van der Waals surface area contributed by atoms with Crippen LogP contribution in [0.2, 0.25) is 0 Å². The average Bonchev–Trinajstić information content (AvgIpc) is 3.45. The van der Waals surface area contributed by atoms with E-state index < -0.39 is 28.5 Å². The highest BCUT2D eigenvalue weighted by molar-refractivity contribution is 9.10. The number of hydrogen-bond donors (Lipinski definition) is 1. The lowest BCUT2D eigenvalue weighted by Gasteiger charge is -2.32. The van der Waals surface area contributed by atoms with Crippen molar-refractivity contribution in [1.82, 2.24) is 10.2 Å². The number of carbonyl (C=O) groups excluding carboxylic acids is 2. The van der Waals surface area contributed by atoms with Crippen molar-refractivity contribution in [1.29, 1.82) is 0 Å². The summed E-state index contributed by atoms with van der Waals surface area (Å²) in [5, 5.41) is 3.09. The van der Waals surface area contributed by atoms with Gasteiger partial charge in [0.1, 0.15) is 12.6 Å². The molecule has 206 valence electrons. The molecule has 7 nitrogen and oxygen atoms in total. The molecule has 1 aliphatic carbocycles. The zero-order valence-electron chi connectivity index (χ0n) is 22.0. The van der Waals surface area contributed by atoms with Gasteiger partial charge in [-0.3, -0.25) is 13.9 Å². The Morgan fingerprint density at radius 3 is 2.23 bits per heavy atom. The van der Waals surface area contributed by atoms with Crippen LogP contribution in [0.15, 0.2) is 94.3 Å². The summed E-state index contributed by atoms with van der Waals surface area (Å²) in [5.74, 6) is -0.664. The number of carbonyl (C=O) groups is 2. The van der Waals surface area contributed by atoms with Crippen molar-refractivity contribution in [2.24, 2.45) is 0 Å². The second-order valence-corrected chi connectivity index (χ2v) is 12.6. The number of sulfonamides is 1. The summed E-state index contributed by atoms with van der Waals surface area (Å²) in [4.78, 5) is 28.7. The van der Waals surface area contributed by atoms with Crippen molar-refractivity contribution < 1.29 is 18.0 Å². The molecule has 0 aromatic heterocycles. The van der Waals surface area contributed by atoms with Crippen LogP contribution in [0.4, 0.5) is 5.69 Å². The fourth-order valence-corrected chi connectivity index (χ4v) is 6.66. The highest BCUT2D eigenvalue weighted by Crippen LogP contribution is 2.27. The molecule has 9 heteroatoms. The molecule has 0 heterocycles. The normalized spacial score (nSPS) is 14.5. The van der Waals surface area contributed by atoms with Crippen LogP contribution in [0, 0.1) is 0 Å². The lowest BCUT2D eigenvalue weighted by molar-refractivity contribution is -0.139. The molecule has 3 aromatic rings. The first-order valence-corrected chi connectivity index (χ1v) is 15.5. The van der Waals surface area contributed by atoms with Crippen molar-refractivity contribution in [3.8, 4) is 0 Å². The first-order chi connectivity index (χ1) is 18.8. The summed E-state index contributed by atoms with van der Waals surface area (Å²) in [7, 11) is -4.07. The van der Waals surface area contributed by atoms with Crippen molar-refractivity contribution in [2.45, 2.75) is 56.0 Å². The lowest BCUT2D eigenvalue weighted by Crippen LogP contribution is -2.53. The fourth-order valence-electron chi connectivity index (χ4n) is 4.84. The number of rotatable bonds is 11. The van der Waals surface area contributed by atoms with Crippen LogP contribution in [0.1, 0.15) is 38.2 Å². The monoisotopic (exact) mass is 611 g/mol. The van der Waals surface area contributed by atoms with Gasteiger partial charge in [-0.2, -0.15) is 0 Å². The summed E-state index contributed by atoms with van der Waals surface area (Å²) in [6.45, 7) is 1.55. The molecule has 1 fully saturated rings. The van der Waals surface area contributed by atoms with E-state index in [9.17, 15) is 18.0 Å². The molecule has 2 amide bonds. The van der Waals surface area contributed by atoms with Crippen molar-refractivity contribution >= 4 is 43.5 Å². The highest BCUT2D eigenvalue weighted by atomic mass is 79.9. The zero-order valence-corrected chi connectivity index (χ0v) is 24.4. The molecule has 1 saturated carbocycles. The number of halogens is 1. The van der Waals surface area contributed by atoms with Gasteiger partial charge in [-0.25, -0.2) is 8.42 Å². The minimum atomic E-state index is -4.07. The predicted molar refractivity (Wildman–Crippen MR) is 157 cm³/mol. The van der Waals surface area contributed by atoms with E-state index in [1.807, 2.05) is 30.3 Å². The van der Waals surface area contributed by atoms with Gasteiger partial charge >= 0.3 is 0 Å². The highest BCUT2D eigenvalue weighted by Gasteiger charge is 2.33. The van der Waals surface area contributed by atoms with Gasteiger partial charge in [0.2, 0.25) is 11.8 Å². The molecule has 0 spiro atoms. The van der Waals surface area contributed by atoms with Crippen molar-refractivity contribution in [3.05, 3.63) is 95.0 Å². The van der Waals surface area contributed by atoms with E-state index in [0.29, 0.717) is 16.6 Å². The van der Waals surface area contributed by atoms with Crippen LogP contribution < -0.4 is 9.62 Å². The topological polar surface area (TPSA) is 86.8 Å². The summed E-state index contributed by atoms with van der Waals surface area (Å²) in [6, 6.07) is 24.0. The molecule has 1 atom stereocenters. The van der Waals surface area contributed by atoms with Gasteiger partial charge in [-0.1, -0.05) is 83.4 Å². The summed E-state index contributed by atoms with van der Waals surface area (Å²) < 4.78 is 29.4. The molecule has 1 unspecified atom stereocenters. The number of nitrogens with one attached hydrogen (secondary N) is 1. The third-order valence-corrected chi connectivity index (χ3v) is 9.34. The third kappa shape index (κ3) is 7.48. The van der Waals surface area contributed by atoms with E-state index in [4.69, 9.17) is 0 Å². The maximum atomic E-state index is 13.9. The second kappa shape index (κ2) is 13.3. The minimum absolute atomic E-state index is 0.0839.